The summed E-state index contributed by atoms with van der Waals surface area (Å²) in [5, 5.41) is 2.75. The van der Waals surface area contributed by atoms with Crippen molar-refractivity contribution >= 4 is 27.8 Å². The summed E-state index contributed by atoms with van der Waals surface area (Å²) in [5.74, 6) is 3.09. The molecule has 0 amide bonds. The SMILES string of the molecule is CC1(C)c2ccc(-c3ccccc3)cc2-c2cc(-c3ccccc3)c(N(c3ccc(C4CC5CCC4C5)cc3)c3cccc4cccc(C5CCCCC5)c34)cc21. The molecule has 0 aromatic heterocycles. The van der Waals surface area contributed by atoms with E-state index in [0.29, 0.717) is 11.8 Å². The zero-order chi connectivity index (χ0) is 38.1. The molecule has 0 N–H and O–H groups in total. The molecule has 57 heavy (non-hydrogen) atoms. The van der Waals surface area contributed by atoms with E-state index in [1.807, 2.05) is 0 Å². The summed E-state index contributed by atoms with van der Waals surface area (Å²) in [6.07, 6.45) is 12.2. The van der Waals surface area contributed by atoms with Crippen molar-refractivity contribution in [3.63, 3.8) is 0 Å². The van der Waals surface area contributed by atoms with Crippen LogP contribution in [0.2, 0.25) is 0 Å². The molecular weight excluding hydrogens is 687 g/mol. The molecule has 4 aliphatic rings. The van der Waals surface area contributed by atoms with E-state index in [1.165, 1.54) is 141 Å². The second-order valence-electron chi connectivity index (χ2n) is 18.3. The minimum atomic E-state index is -0.160. The Bertz CT molecular complexity index is 2590. The van der Waals surface area contributed by atoms with E-state index in [4.69, 9.17) is 0 Å². The van der Waals surface area contributed by atoms with Crippen LogP contribution < -0.4 is 4.90 Å². The van der Waals surface area contributed by atoms with Crippen LogP contribution in [0.3, 0.4) is 0 Å². The summed E-state index contributed by atoms with van der Waals surface area (Å²) >= 11 is 0. The van der Waals surface area contributed by atoms with Crippen LogP contribution in [0.5, 0.6) is 0 Å². The van der Waals surface area contributed by atoms with Gasteiger partial charge < -0.3 is 4.90 Å². The Hall–Kier alpha value is -5.40. The van der Waals surface area contributed by atoms with Crippen LogP contribution in [0.25, 0.3) is 44.2 Å². The van der Waals surface area contributed by atoms with Crippen LogP contribution in [0.1, 0.15) is 106 Å². The van der Waals surface area contributed by atoms with Gasteiger partial charge in [0.2, 0.25) is 0 Å². The van der Waals surface area contributed by atoms with E-state index in [9.17, 15) is 0 Å². The number of hydrogen-bond donors (Lipinski definition) is 0. The molecule has 282 valence electrons. The third-order valence-electron chi connectivity index (χ3n) is 14.7. The van der Waals surface area contributed by atoms with Crippen LogP contribution in [0.4, 0.5) is 17.1 Å². The predicted octanol–water partition coefficient (Wildman–Crippen LogP) is 15.9. The Morgan fingerprint density at radius 1 is 0.509 bits per heavy atom. The van der Waals surface area contributed by atoms with Crippen LogP contribution in [0, 0.1) is 11.8 Å². The van der Waals surface area contributed by atoms with Gasteiger partial charge in [-0.15, -0.1) is 0 Å². The van der Waals surface area contributed by atoms with Gasteiger partial charge in [-0.1, -0.05) is 155 Å². The average molecular weight is 740 g/mol. The number of anilines is 3. The van der Waals surface area contributed by atoms with Gasteiger partial charge in [0, 0.05) is 22.1 Å². The van der Waals surface area contributed by atoms with Crippen LogP contribution in [0.15, 0.2) is 152 Å². The molecule has 4 aliphatic carbocycles. The van der Waals surface area contributed by atoms with Crippen molar-refractivity contribution in [2.75, 3.05) is 4.90 Å². The fraction of sp³-hybridized carbons (Fsp3) is 0.286. The summed E-state index contributed by atoms with van der Waals surface area (Å²) in [7, 11) is 0. The largest absolute Gasteiger partial charge is 0.309 e. The summed E-state index contributed by atoms with van der Waals surface area (Å²) < 4.78 is 0. The highest BCUT2D eigenvalue weighted by molar-refractivity contribution is 6.04. The molecule has 7 aromatic rings. The second-order valence-corrected chi connectivity index (χ2v) is 18.3. The molecule has 1 heteroatoms. The van der Waals surface area contributed by atoms with Crippen molar-refractivity contribution in [2.45, 2.75) is 88.9 Å². The fourth-order valence-corrected chi connectivity index (χ4v) is 11.9. The molecule has 3 fully saturated rings. The second kappa shape index (κ2) is 13.9. The lowest BCUT2D eigenvalue weighted by Gasteiger charge is -2.33. The van der Waals surface area contributed by atoms with Crippen molar-refractivity contribution in [3.8, 4) is 33.4 Å². The average Bonchev–Trinajstić information content (AvgIpc) is 3.97. The minimum absolute atomic E-state index is 0.160. The third kappa shape index (κ3) is 5.88. The van der Waals surface area contributed by atoms with Gasteiger partial charge >= 0.3 is 0 Å². The van der Waals surface area contributed by atoms with Crippen molar-refractivity contribution in [3.05, 3.63) is 174 Å². The Morgan fingerprint density at radius 2 is 1.23 bits per heavy atom. The van der Waals surface area contributed by atoms with E-state index < -0.39 is 0 Å². The first kappa shape index (κ1) is 34.8. The summed E-state index contributed by atoms with van der Waals surface area (Å²) in [6.45, 7) is 4.86. The highest BCUT2D eigenvalue weighted by Gasteiger charge is 2.41. The Morgan fingerprint density at radius 3 is 1.95 bits per heavy atom. The Labute approximate surface area is 339 Å². The lowest BCUT2D eigenvalue weighted by molar-refractivity contribution is 0.420. The molecule has 0 spiro atoms. The highest BCUT2D eigenvalue weighted by atomic mass is 15.1. The number of hydrogen-bond acceptors (Lipinski definition) is 1. The Balaban J connectivity index is 1.15. The molecule has 0 radical (unpaired) electrons. The zero-order valence-corrected chi connectivity index (χ0v) is 33.6. The number of fused-ring (bicyclic) bond motifs is 6. The predicted molar refractivity (Wildman–Crippen MR) is 241 cm³/mol. The van der Waals surface area contributed by atoms with E-state index in [-0.39, 0.29) is 5.41 Å². The van der Waals surface area contributed by atoms with Gasteiger partial charge in [-0.25, -0.2) is 0 Å². The fourth-order valence-electron chi connectivity index (χ4n) is 11.9. The van der Waals surface area contributed by atoms with Gasteiger partial charge in [-0.3, -0.25) is 0 Å². The first-order valence-corrected chi connectivity index (χ1v) is 21.9. The first-order chi connectivity index (χ1) is 28.0. The molecule has 0 aliphatic heterocycles. The van der Waals surface area contributed by atoms with Crippen molar-refractivity contribution in [2.24, 2.45) is 11.8 Å². The molecule has 0 heterocycles. The highest BCUT2D eigenvalue weighted by Crippen LogP contribution is 2.56. The lowest BCUT2D eigenvalue weighted by Crippen LogP contribution is -2.18. The topological polar surface area (TPSA) is 3.24 Å². The molecule has 3 atom stereocenters. The van der Waals surface area contributed by atoms with Gasteiger partial charge in [0.25, 0.3) is 0 Å². The van der Waals surface area contributed by atoms with Crippen molar-refractivity contribution in [1.82, 2.24) is 0 Å². The van der Waals surface area contributed by atoms with Gasteiger partial charge in [0.1, 0.15) is 0 Å². The zero-order valence-electron chi connectivity index (χ0n) is 33.6. The summed E-state index contributed by atoms with van der Waals surface area (Å²) in [6, 6.07) is 58.3. The molecule has 2 bridgehead atoms. The van der Waals surface area contributed by atoms with Gasteiger partial charge in [-0.05, 0) is 148 Å². The van der Waals surface area contributed by atoms with Crippen LogP contribution in [-0.4, -0.2) is 0 Å². The van der Waals surface area contributed by atoms with E-state index in [1.54, 1.807) is 0 Å². The van der Waals surface area contributed by atoms with Gasteiger partial charge in [-0.2, -0.15) is 0 Å². The van der Waals surface area contributed by atoms with E-state index in [0.717, 1.165) is 11.8 Å². The monoisotopic (exact) mass is 739 g/mol. The van der Waals surface area contributed by atoms with Gasteiger partial charge in [0.05, 0.1) is 11.4 Å². The van der Waals surface area contributed by atoms with E-state index >= 15 is 0 Å². The van der Waals surface area contributed by atoms with Crippen molar-refractivity contribution in [1.29, 1.82) is 0 Å². The number of nitrogens with zero attached hydrogens (tertiary/aromatic N) is 1. The quantitative estimate of drug-likeness (QED) is 0.157. The maximum Gasteiger partial charge on any atom is 0.0543 e. The molecule has 3 saturated carbocycles. The molecule has 0 saturated heterocycles. The molecule has 7 aromatic carbocycles. The van der Waals surface area contributed by atoms with Crippen molar-refractivity contribution < 1.29 is 0 Å². The third-order valence-corrected chi connectivity index (χ3v) is 14.7. The standard InChI is InChI=1S/C56H53N/c1-56(2)51-31-28-43(38-14-6-3-7-15-38)34-49(51)50-35-48(40-18-10-5-11-19-40)54(36-52(50)56)57(45-29-26-41(27-30-45)47-33-37-24-25-44(47)32-37)53-23-13-21-42-20-12-22-46(55(42)53)39-16-8-4-9-17-39/h3,5-7,10-15,18-23,26-31,34-37,39,44,47H,4,8-9,16-17,24-25,32-33H2,1-2H3. The number of benzene rings is 7. The van der Waals surface area contributed by atoms with Crippen LogP contribution >= 0.6 is 0 Å². The van der Waals surface area contributed by atoms with E-state index in [2.05, 4.69) is 170 Å². The minimum Gasteiger partial charge on any atom is -0.309 e. The molecule has 11 rings (SSSR count). The first-order valence-electron chi connectivity index (χ1n) is 21.9. The van der Waals surface area contributed by atoms with Gasteiger partial charge in [0.15, 0.2) is 0 Å². The summed E-state index contributed by atoms with van der Waals surface area (Å²) in [5.41, 5.74) is 17.2. The van der Waals surface area contributed by atoms with Crippen LogP contribution in [-0.2, 0) is 5.41 Å². The number of rotatable bonds is 7. The molecule has 3 unspecified atom stereocenters. The molecular formula is C56H53N. The lowest BCUT2D eigenvalue weighted by atomic mass is 9.81. The molecule has 1 nitrogen and oxygen atoms in total. The normalized spacial score (nSPS) is 20.8. The summed E-state index contributed by atoms with van der Waals surface area (Å²) in [4.78, 5) is 2.65. The maximum absolute atomic E-state index is 2.65. The Kier molecular flexibility index (Phi) is 8.50. The smallest absolute Gasteiger partial charge is 0.0543 e. The maximum atomic E-state index is 2.65.